The number of nitrogens with one attached hydrogen (secondary N) is 1. The molecule has 24 heavy (non-hydrogen) atoms. The van der Waals surface area contributed by atoms with Crippen LogP contribution in [0, 0.1) is 0 Å². The molecule has 5 nitrogen and oxygen atoms in total. The Hall–Kier alpha value is -1.40. The number of benzene rings is 1. The van der Waals surface area contributed by atoms with Gasteiger partial charge in [0.25, 0.3) is 5.91 Å². The molecule has 2 fully saturated rings. The number of sulfone groups is 1. The molecule has 0 radical (unpaired) electrons. The lowest BCUT2D eigenvalue weighted by Gasteiger charge is -2.38. The van der Waals surface area contributed by atoms with Gasteiger partial charge in [-0.2, -0.15) is 0 Å². The molecule has 132 valence electrons. The van der Waals surface area contributed by atoms with E-state index in [1.54, 1.807) is 24.3 Å². The van der Waals surface area contributed by atoms with E-state index in [1.807, 2.05) is 11.8 Å². The molecule has 1 aromatic rings. The second kappa shape index (κ2) is 6.84. The molecule has 1 heterocycles. The van der Waals surface area contributed by atoms with Crippen LogP contribution in [0.3, 0.4) is 0 Å². The minimum atomic E-state index is -3.26. The van der Waals surface area contributed by atoms with Crippen LogP contribution in [-0.2, 0) is 9.84 Å². The van der Waals surface area contributed by atoms with E-state index in [9.17, 15) is 13.2 Å². The van der Waals surface area contributed by atoms with Crippen LogP contribution in [0.25, 0.3) is 0 Å². The molecular formula is C18H26N2O3S. The first-order chi connectivity index (χ1) is 11.4. The molecule has 6 heteroatoms. The van der Waals surface area contributed by atoms with Gasteiger partial charge in [-0.05, 0) is 51.0 Å². The summed E-state index contributed by atoms with van der Waals surface area (Å²) < 4.78 is 25.2. The molecule has 1 aliphatic carbocycles. The average molecular weight is 350 g/mol. The highest BCUT2D eigenvalue weighted by atomic mass is 32.2. The summed E-state index contributed by atoms with van der Waals surface area (Å²) in [7, 11) is -3.26. The Labute approximate surface area is 144 Å². The highest BCUT2D eigenvalue weighted by Crippen LogP contribution is 2.29. The summed E-state index contributed by atoms with van der Waals surface area (Å²) in [5.41, 5.74) is 0.557. The molecule has 1 saturated heterocycles. The van der Waals surface area contributed by atoms with Gasteiger partial charge in [0.2, 0.25) is 0 Å². The van der Waals surface area contributed by atoms with Crippen LogP contribution in [0.4, 0.5) is 0 Å². The second-order valence-electron chi connectivity index (χ2n) is 6.96. The number of hydrogen-bond acceptors (Lipinski definition) is 4. The van der Waals surface area contributed by atoms with Crippen LogP contribution >= 0.6 is 0 Å². The van der Waals surface area contributed by atoms with Crippen LogP contribution in [-0.4, -0.2) is 49.6 Å². The summed E-state index contributed by atoms with van der Waals surface area (Å²) in [6, 6.07) is 6.87. The first kappa shape index (κ1) is 17.4. The molecule has 2 atom stereocenters. The summed E-state index contributed by atoms with van der Waals surface area (Å²) in [5.74, 6) is -0.0272. The molecule has 2 unspecified atom stereocenters. The van der Waals surface area contributed by atoms with E-state index in [4.69, 9.17) is 0 Å². The largest absolute Gasteiger partial charge is 0.333 e. The highest BCUT2D eigenvalue weighted by molar-refractivity contribution is 7.92. The van der Waals surface area contributed by atoms with Crippen molar-refractivity contribution in [2.24, 2.45) is 0 Å². The van der Waals surface area contributed by atoms with Crippen molar-refractivity contribution in [3.63, 3.8) is 0 Å². The maximum Gasteiger partial charge on any atom is 0.254 e. The van der Waals surface area contributed by atoms with Crippen LogP contribution in [0.15, 0.2) is 29.2 Å². The fraction of sp³-hybridized carbons (Fsp3) is 0.611. The molecule has 0 bridgehead atoms. The third-order valence-corrected chi connectivity index (χ3v) is 7.74. The van der Waals surface area contributed by atoms with E-state index in [0.717, 1.165) is 32.2 Å². The van der Waals surface area contributed by atoms with Crippen molar-refractivity contribution in [3.8, 4) is 0 Å². The summed E-state index contributed by atoms with van der Waals surface area (Å²) in [6.45, 7) is 5.56. The van der Waals surface area contributed by atoms with E-state index in [-0.39, 0.29) is 23.2 Å². The van der Waals surface area contributed by atoms with Gasteiger partial charge in [-0.1, -0.05) is 12.8 Å². The Bertz CT molecular complexity index is 693. The van der Waals surface area contributed by atoms with Gasteiger partial charge in [-0.25, -0.2) is 8.42 Å². The Kier molecular flexibility index (Phi) is 4.97. The van der Waals surface area contributed by atoms with Gasteiger partial charge in [-0.15, -0.1) is 0 Å². The summed E-state index contributed by atoms with van der Waals surface area (Å²) in [6.07, 6.45) is 3.47. The van der Waals surface area contributed by atoms with Crippen molar-refractivity contribution in [2.45, 2.75) is 61.8 Å². The fourth-order valence-corrected chi connectivity index (χ4v) is 5.54. The smallest absolute Gasteiger partial charge is 0.254 e. The number of hydrogen-bond donors (Lipinski definition) is 1. The Morgan fingerprint density at radius 1 is 1.12 bits per heavy atom. The van der Waals surface area contributed by atoms with Gasteiger partial charge >= 0.3 is 0 Å². The number of carbonyl (C=O) groups is 1. The molecule has 1 saturated carbocycles. The van der Waals surface area contributed by atoms with Crippen molar-refractivity contribution in [1.82, 2.24) is 10.2 Å². The maximum absolute atomic E-state index is 12.7. The van der Waals surface area contributed by atoms with Crippen molar-refractivity contribution < 1.29 is 13.2 Å². The zero-order valence-electron chi connectivity index (χ0n) is 14.4. The first-order valence-electron chi connectivity index (χ1n) is 8.79. The molecule has 1 aromatic carbocycles. The van der Waals surface area contributed by atoms with E-state index in [1.165, 1.54) is 0 Å². The van der Waals surface area contributed by atoms with Gasteiger partial charge in [0.1, 0.15) is 0 Å². The average Bonchev–Trinajstić information content (AvgIpc) is 3.12. The number of piperazine rings is 1. The van der Waals surface area contributed by atoms with Crippen molar-refractivity contribution in [1.29, 1.82) is 0 Å². The standard InChI is InChI=1S/C18H26N2O3S/c1-13-14(2)20(12-11-19-13)18(21)15-7-9-17(10-8-15)24(22,23)16-5-3-4-6-16/h7-10,13-14,16,19H,3-6,11-12H2,1-2H3. The number of carbonyl (C=O) groups excluding carboxylic acids is 1. The Morgan fingerprint density at radius 3 is 2.38 bits per heavy atom. The molecule has 0 aromatic heterocycles. The predicted octanol–water partition coefficient (Wildman–Crippen LogP) is 2.23. The number of nitrogens with zero attached hydrogens (tertiary/aromatic N) is 1. The minimum absolute atomic E-state index is 0.0272. The van der Waals surface area contributed by atoms with Crippen molar-refractivity contribution >= 4 is 15.7 Å². The maximum atomic E-state index is 12.7. The van der Waals surface area contributed by atoms with Crippen LogP contribution in [0.5, 0.6) is 0 Å². The number of amides is 1. The monoisotopic (exact) mass is 350 g/mol. The van der Waals surface area contributed by atoms with Crippen LogP contribution < -0.4 is 5.32 Å². The fourth-order valence-electron chi connectivity index (χ4n) is 3.69. The van der Waals surface area contributed by atoms with Crippen molar-refractivity contribution in [3.05, 3.63) is 29.8 Å². The van der Waals surface area contributed by atoms with Crippen molar-refractivity contribution in [2.75, 3.05) is 13.1 Å². The molecule has 3 rings (SSSR count). The van der Waals surface area contributed by atoms with Gasteiger partial charge in [0.05, 0.1) is 10.1 Å². The lowest BCUT2D eigenvalue weighted by atomic mass is 10.1. The summed E-state index contributed by atoms with van der Waals surface area (Å²) in [5, 5.41) is 3.10. The third-order valence-electron chi connectivity index (χ3n) is 5.47. The molecule has 2 aliphatic rings. The van der Waals surface area contributed by atoms with Gasteiger partial charge < -0.3 is 10.2 Å². The van der Waals surface area contributed by atoms with E-state index < -0.39 is 9.84 Å². The SMILES string of the molecule is CC1NCCN(C(=O)c2ccc(S(=O)(=O)C3CCCC3)cc2)C1C. The normalized spacial score (nSPS) is 25.8. The highest BCUT2D eigenvalue weighted by Gasteiger charge is 2.31. The molecular weight excluding hydrogens is 324 g/mol. The number of rotatable bonds is 3. The van der Waals surface area contributed by atoms with Crippen LogP contribution in [0.2, 0.25) is 0 Å². The zero-order chi connectivity index (χ0) is 17.3. The van der Waals surface area contributed by atoms with Gasteiger partial charge in [-0.3, -0.25) is 4.79 Å². The quantitative estimate of drug-likeness (QED) is 0.908. The summed E-state index contributed by atoms with van der Waals surface area (Å²) in [4.78, 5) is 14.9. The third kappa shape index (κ3) is 3.22. The zero-order valence-corrected chi connectivity index (χ0v) is 15.2. The predicted molar refractivity (Wildman–Crippen MR) is 93.8 cm³/mol. The minimum Gasteiger partial charge on any atom is -0.333 e. The lowest BCUT2D eigenvalue weighted by Crippen LogP contribution is -2.57. The molecule has 1 aliphatic heterocycles. The van der Waals surface area contributed by atoms with Gasteiger partial charge in [0.15, 0.2) is 9.84 Å². The Balaban J connectivity index is 1.78. The Morgan fingerprint density at radius 2 is 1.75 bits per heavy atom. The lowest BCUT2D eigenvalue weighted by molar-refractivity contribution is 0.0603. The molecule has 1 amide bonds. The molecule has 0 spiro atoms. The van der Waals surface area contributed by atoms with Gasteiger partial charge in [0, 0.05) is 30.7 Å². The van der Waals surface area contributed by atoms with E-state index in [0.29, 0.717) is 17.0 Å². The van der Waals surface area contributed by atoms with Crippen LogP contribution in [0.1, 0.15) is 49.9 Å². The summed E-state index contributed by atoms with van der Waals surface area (Å²) >= 11 is 0. The molecule has 1 N–H and O–H groups in total. The first-order valence-corrected chi connectivity index (χ1v) is 10.3. The van der Waals surface area contributed by atoms with E-state index >= 15 is 0 Å². The van der Waals surface area contributed by atoms with E-state index in [2.05, 4.69) is 12.2 Å². The topological polar surface area (TPSA) is 66.5 Å². The second-order valence-corrected chi connectivity index (χ2v) is 9.19.